The lowest BCUT2D eigenvalue weighted by Gasteiger charge is -2.09. The van der Waals surface area contributed by atoms with Gasteiger partial charge < -0.3 is 4.74 Å². The summed E-state index contributed by atoms with van der Waals surface area (Å²) in [6.45, 7) is 1.34. The van der Waals surface area contributed by atoms with Crippen LogP contribution in [0.25, 0.3) is 0 Å². The van der Waals surface area contributed by atoms with Gasteiger partial charge in [0.25, 0.3) is 0 Å². The number of ketones is 1. The Morgan fingerprint density at radius 3 is 2.48 bits per heavy atom. The number of nitro benzene ring substituents is 1. The maximum Gasteiger partial charge on any atom is 0.312 e. The normalized spacial score (nSPS) is 10.2. The SMILES string of the molecule is CC(=O)c1ccc(Oc2ccc(Cl)cc2Br)c([N+](=O)[O-])c1. The van der Waals surface area contributed by atoms with Gasteiger partial charge >= 0.3 is 5.69 Å². The standard InChI is InChI=1S/C14H9BrClNO4/c1-8(18)9-2-4-14(12(6-9)17(19)20)21-13-5-3-10(16)7-11(13)15/h2-7H,1H3. The van der Waals surface area contributed by atoms with Gasteiger partial charge in [-0.1, -0.05) is 11.6 Å². The Labute approximate surface area is 133 Å². The summed E-state index contributed by atoms with van der Waals surface area (Å²) in [4.78, 5) is 21.8. The first kappa shape index (κ1) is 15.5. The molecule has 0 saturated heterocycles. The number of carbonyl (C=O) groups excluding carboxylic acids is 1. The van der Waals surface area contributed by atoms with Gasteiger partial charge in [0.15, 0.2) is 5.78 Å². The van der Waals surface area contributed by atoms with Crippen LogP contribution in [0.2, 0.25) is 5.02 Å². The first-order valence-electron chi connectivity index (χ1n) is 5.81. The maximum absolute atomic E-state index is 11.3. The number of nitro groups is 1. The molecule has 108 valence electrons. The minimum absolute atomic E-state index is 0.0491. The highest BCUT2D eigenvalue weighted by molar-refractivity contribution is 9.10. The highest BCUT2D eigenvalue weighted by atomic mass is 79.9. The van der Waals surface area contributed by atoms with Gasteiger partial charge in [0.2, 0.25) is 5.75 Å². The van der Waals surface area contributed by atoms with Crippen LogP contribution in [0, 0.1) is 10.1 Å². The molecule has 2 aromatic rings. The van der Waals surface area contributed by atoms with E-state index in [4.69, 9.17) is 16.3 Å². The second kappa shape index (κ2) is 6.24. The van der Waals surface area contributed by atoms with Gasteiger partial charge in [-0.3, -0.25) is 14.9 Å². The van der Waals surface area contributed by atoms with Crippen LogP contribution in [0.5, 0.6) is 11.5 Å². The molecule has 2 aromatic carbocycles. The van der Waals surface area contributed by atoms with Gasteiger partial charge in [-0.2, -0.15) is 0 Å². The smallest absolute Gasteiger partial charge is 0.312 e. The maximum atomic E-state index is 11.3. The third-order valence-electron chi connectivity index (χ3n) is 2.68. The quantitative estimate of drug-likeness (QED) is 0.431. The summed E-state index contributed by atoms with van der Waals surface area (Å²) in [6, 6.07) is 8.89. The van der Waals surface area contributed by atoms with Gasteiger partial charge in [0.1, 0.15) is 5.75 Å². The molecule has 0 aromatic heterocycles. The topological polar surface area (TPSA) is 69.4 Å². The summed E-state index contributed by atoms with van der Waals surface area (Å²) < 4.78 is 6.10. The predicted octanol–water partition coefficient (Wildman–Crippen LogP) is 5.01. The van der Waals surface area contributed by atoms with Crippen molar-refractivity contribution in [2.45, 2.75) is 6.92 Å². The molecule has 0 N–H and O–H groups in total. The number of hydrogen-bond donors (Lipinski definition) is 0. The molecule has 0 atom stereocenters. The van der Waals surface area contributed by atoms with E-state index in [2.05, 4.69) is 15.9 Å². The summed E-state index contributed by atoms with van der Waals surface area (Å²) in [5, 5.41) is 11.6. The van der Waals surface area contributed by atoms with Crippen molar-refractivity contribution in [2.75, 3.05) is 0 Å². The molecule has 0 amide bonds. The molecule has 0 aliphatic rings. The van der Waals surface area contributed by atoms with E-state index >= 15 is 0 Å². The van der Waals surface area contributed by atoms with E-state index in [1.165, 1.54) is 25.1 Å². The largest absolute Gasteiger partial charge is 0.449 e. The van der Waals surface area contributed by atoms with Crippen molar-refractivity contribution in [1.29, 1.82) is 0 Å². The van der Waals surface area contributed by atoms with Crippen LogP contribution in [0.15, 0.2) is 40.9 Å². The number of Topliss-reactive ketones (excluding diaryl/α,β-unsaturated/α-hetero) is 1. The van der Waals surface area contributed by atoms with Crippen molar-refractivity contribution in [3.05, 3.63) is 61.6 Å². The number of halogens is 2. The third-order valence-corrected chi connectivity index (χ3v) is 3.53. The molecule has 0 unspecified atom stereocenters. The number of carbonyl (C=O) groups is 1. The molecule has 5 nitrogen and oxygen atoms in total. The van der Waals surface area contributed by atoms with E-state index in [1.807, 2.05) is 0 Å². The molecular formula is C14H9BrClNO4. The van der Waals surface area contributed by atoms with Crippen LogP contribution < -0.4 is 4.74 Å². The minimum atomic E-state index is -0.592. The Morgan fingerprint density at radius 1 is 1.24 bits per heavy atom. The van der Waals surface area contributed by atoms with Crippen molar-refractivity contribution in [3.63, 3.8) is 0 Å². The summed E-state index contributed by atoms with van der Waals surface area (Å²) in [5.74, 6) is 0.184. The average molecular weight is 371 g/mol. The molecule has 0 aliphatic carbocycles. The predicted molar refractivity (Wildman–Crippen MR) is 82.3 cm³/mol. The van der Waals surface area contributed by atoms with Gasteiger partial charge in [-0.25, -0.2) is 0 Å². The van der Waals surface area contributed by atoms with Crippen LogP contribution in [0.3, 0.4) is 0 Å². The van der Waals surface area contributed by atoms with Crippen LogP contribution in [0.4, 0.5) is 5.69 Å². The van der Waals surface area contributed by atoms with Gasteiger partial charge in [0.05, 0.1) is 9.40 Å². The Balaban J connectivity index is 2.44. The van der Waals surface area contributed by atoms with Crippen LogP contribution in [-0.4, -0.2) is 10.7 Å². The first-order valence-corrected chi connectivity index (χ1v) is 6.98. The summed E-state index contributed by atoms with van der Waals surface area (Å²) in [6.07, 6.45) is 0. The molecule has 2 rings (SSSR count). The number of hydrogen-bond acceptors (Lipinski definition) is 4. The molecule has 0 saturated carbocycles. The second-order valence-corrected chi connectivity index (χ2v) is 5.46. The lowest BCUT2D eigenvalue weighted by Crippen LogP contribution is -1.98. The van der Waals surface area contributed by atoms with Crippen molar-refractivity contribution < 1.29 is 14.5 Å². The fourth-order valence-corrected chi connectivity index (χ4v) is 2.41. The summed E-state index contributed by atoms with van der Waals surface area (Å²) in [5.41, 5.74) is -0.0197. The molecular weight excluding hydrogens is 362 g/mol. The molecule has 0 spiro atoms. The number of ether oxygens (including phenoxy) is 1. The van der Waals surface area contributed by atoms with Crippen LogP contribution in [-0.2, 0) is 0 Å². The van der Waals surface area contributed by atoms with E-state index in [0.717, 1.165) is 0 Å². The Kier molecular flexibility index (Phi) is 4.59. The molecule has 0 bridgehead atoms. The Morgan fingerprint density at radius 2 is 1.90 bits per heavy atom. The Bertz CT molecular complexity index is 733. The third kappa shape index (κ3) is 3.59. The highest BCUT2D eigenvalue weighted by Gasteiger charge is 2.19. The summed E-state index contributed by atoms with van der Waals surface area (Å²) in [7, 11) is 0. The molecule has 0 aliphatic heterocycles. The number of benzene rings is 2. The molecule has 0 radical (unpaired) electrons. The van der Waals surface area contributed by atoms with Crippen molar-refractivity contribution in [3.8, 4) is 11.5 Å². The number of nitrogens with zero attached hydrogens (tertiary/aromatic N) is 1. The van der Waals surface area contributed by atoms with Gasteiger partial charge in [-0.15, -0.1) is 0 Å². The van der Waals surface area contributed by atoms with Crippen molar-refractivity contribution >= 4 is 39.0 Å². The molecule has 0 heterocycles. The van der Waals surface area contributed by atoms with E-state index in [-0.39, 0.29) is 22.8 Å². The fraction of sp³-hybridized carbons (Fsp3) is 0.0714. The zero-order valence-corrected chi connectivity index (χ0v) is 13.1. The monoisotopic (exact) mass is 369 g/mol. The zero-order valence-electron chi connectivity index (χ0n) is 10.8. The lowest BCUT2D eigenvalue weighted by atomic mass is 10.1. The van der Waals surface area contributed by atoms with E-state index in [0.29, 0.717) is 15.2 Å². The number of rotatable bonds is 4. The van der Waals surface area contributed by atoms with Gasteiger partial charge in [-0.05, 0) is 53.2 Å². The van der Waals surface area contributed by atoms with E-state index in [9.17, 15) is 14.9 Å². The fourth-order valence-electron chi connectivity index (χ4n) is 1.64. The average Bonchev–Trinajstić information content (AvgIpc) is 2.41. The molecule has 0 fully saturated rings. The Hall–Kier alpha value is -1.92. The molecule has 7 heteroatoms. The first-order chi connectivity index (χ1) is 9.88. The zero-order chi connectivity index (χ0) is 15.6. The van der Waals surface area contributed by atoms with Crippen LogP contribution >= 0.6 is 27.5 Å². The van der Waals surface area contributed by atoms with Crippen molar-refractivity contribution in [1.82, 2.24) is 0 Å². The lowest BCUT2D eigenvalue weighted by molar-refractivity contribution is -0.385. The van der Waals surface area contributed by atoms with E-state index in [1.54, 1.807) is 18.2 Å². The highest BCUT2D eigenvalue weighted by Crippen LogP contribution is 2.36. The van der Waals surface area contributed by atoms with Gasteiger partial charge in [0, 0.05) is 16.7 Å². The molecule has 21 heavy (non-hydrogen) atoms. The van der Waals surface area contributed by atoms with Crippen LogP contribution in [0.1, 0.15) is 17.3 Å². The second-order valence-electron chi connectivity index (χ2n) is 4.17. The van der Waals surface area contributed by atoms with E-state index < -0.39 is 4.92 Å². The summed E-state index contributed by atoms with van der Waals surface area (Å²) >= 11 is 9.10. The van der Waals surface area contributed by atoms with Crippen molar-refractivity contribution in [2.24, 2.45) is 0 Å². The minimum Gasteiger partial charge on any atom is -0.449 e.